The van der Waals surface area contributed by atoms with Gasteiger partial charge in [-0.2, -0.15) is 0 Å². The van der Waals surface area contributed by atoms with Crippen molar-refractivity contribution >= 4 is 29.3 Å². The van der Waals surface area contributed by atoms with E-state index >= 15 is 0 Å². The van der Waals surface area contributed by atoms with Crippen molar-refractivity contribution in [3.05, 3.63) is 59.4 Å². The first-order valence-electron chi connectivity index (χ1n) is 5.75. The lowest BCUT2D eigenvalue weighted by Crippen LogP contribution is -2.26. The van der Waals surface area contributed by atoms with Gasteiger partial charge < -0.3 is 5.32 Å². The molecule has 0 aliphatic heterocycles. The number of pyridine rings is 1. The Hall–Kier alpha value is -1.52. The SMILES string of the molecule is O=C(NCCSc1cc[c]cc1)c1cccnc1Cl. The molecular weight excluding hydrogens is 280 g/mol. The van der Waals surface area contributed by atoms with E-state index in [4.69, 9.17) is 11.6 Å². The molecule has 0 atom stereocenters. The number of halogens is 1. The minimum atomic E-state index is -0.194. The molecule has 0 bridgehead atoms. The summed E-state index contributed by atoms with van der Waals surface area (Å²) < 4.78 is 0. The first-order valence-corrected chi connectivity index (χ1v) is 7.11. The molecule has 0 fully saturated rings. The van der Waals surface area contributed by atoms with Crippen LogP contribution in [-0.4, -0.2) is 23.2 Å². The van der Waals surface area contributed by atoms with Gasteiger partial charge in [0.15, 0.2) is 0 Å². The molecule has 1 N–H and O–H groups in total. The summed E-state index contributed by atoms with van der Waals surface area (Å²) in [4.78, 5) is 16.9. The monoisotopic (exact) mass is 291 g/mol. The molecule has 2 rings (SSSR count). The lowest BCUT2D eigenvalue weighted by Gasteiger charge is -2.06. The number of hydrogen-bond donors (Lipinski definition) is 1. The standard InChI is InChI=1S/C14H12ClN2OS/c15-13-12(7-4-8-16-13)14(18)17-9-10-19-11-5-2-1-3-6-11/h2-8H,9-10H2,(H,17,18). The van der Waals surface area contributed by atoms with Crippen molar-refractivity contribution in [2.75, 3.05) is 12.3 Å². The van der Waals surface area contributed by atoms with Crippen LogP contribution in [0.3, 0.4) is 0 Å². The van der Waals surface area contributed by atoms with Gasteiger partial charge in [0.2, 0.25) is 0 Å². The summed E-state index contributed by atoms with van der Waals surface area (Å²) in [6.07, 6.45) is 1.56. The van der Waals surface area contributed by atoms with Gasteiger partial charge in [-0.1, -0.05) is 23.7 Å². The molecule has 19 heavy (non-hydrogen) atoms. The molecule has 0 unspecified atom stereocenters. The number of aromatic nitrogens is 1. The predicted octanol–water partition coefficient (Wildman–Crippen LogP) is 3.06. The fourth-order valence-electron chi connectivity index (χ4n) is 1.45. The quantitative estimate of drug-likeness (QED) is 0.523. The summed E-state index contributed by atoms with van der Waals surface area (Å²) in [5, 5.41) is 3.05. The fraction of sp³-hybridized carbons (Fsp3) is 0.143. The van der Waals surface area contributed by atoms with Crippen LogP contribution in [0.5, 0.6) is 0 Å². The van der Waals surface area contributed by atoms with Crippen LogP contribution in [0.25, 0.3) is 0 Å². The Morgan fingerprint density at radius 3 is 2.89 bits per heavy atom. The maximum absolute atomic E-state index is 11.8. The molecule has 0 saturated carbocycles. The molecule has 2 aromatic rings. The summed E-state index contributed by atoms with van der Waals surface area (Å²) in [6.45, 7) is 0.577. The molecule has 1 radical (unpaired) electrons. The Balaban J connectivity index is 1.77. The number of nitrogens with zero attached hydrogens (tertiary/aromatic N) is 1. The molecule has 1 heterocycles. The fourth-order valence-corrected chi connectivity index (χ4v) is 2.43. The Morgan fingerprint density at radius 2 is 2.16 bits per heavy atom. The topological polar surface area (TPSA) is 42.0 Å². The largest absolute Gasteiger partial charge is 0.351 e. The number of thioether (sulfide) groups is 1. The number of rotatable bonds is 5. The summed E-state index contributed by atoms with van der Waals surface area (Å²) in [7, 11) is 0. The first-order chi connectivity index (χ1) is 9.27. The summed E-state index contributed by atoms with van der Waals surface area (Å²) in [5.74, 6) is 0.605. The van der Waals surface area contributed by atoms with Gasteiger partial charge in [0, 0.05) is 23.4 Å². The second-order valence-electron chi connectivity index (χ2n) is 3.68. The van der Waals surface area contributed by atoms with Gasteiger partial charge in [-0.05, 0) is 30.3 Å². The van der Waals surface area contributed by atoms with Crippen LogP contribution in [0.1, 0.15) is 10.4 Å². The van der Waals surface area contributed by atoms with Crippen molar-refractivity contribution in [1.82, 2.24) is 10.3 Å². The Bertz CT molecular complexity index is 548. The highest BCUT2D eigenvalue weighted by Gasteiger charge is 2.09. The molecule has 1 amide bonds. The normalized spacial score (nSPS) is 10.2. The van der Waals surface area contributed by atoms with E-state index in [0.717, 1.165) is 10.6 Å². The van der Waals surface area contributed by atoms with Gasteiger partial charge in [0.25, 0.3) is 5.91 Å². The van der Waals surface area contributed by atoms with Crippen LogP contribution in [0.2, 0.25) is 5.15 Å². The number of hydrogen-bond acceptors (Lipinski definition) is 3. The summed E-state index contributed by atoms with van der Waals surface area (Å²) >= 11 is 7.53. The van der Waals surface area contributed by atoms with Gasteiger partial charge in [-0.3, -0.25) is 4.79 Å². The van der Waals surface area contributed by atoms with E-state index in [2.05, 4.69) is 16.4 Å². The smallest absolute Gasteiger partial charge is 0.254 e. The van der Waals surface area contributed by atoms with E-state index in [0.29, 0.717) is 12.1 Å². The van der Waals surface area contributed by atoms with Crippen molar-refractivity contribution in [1.29, 1.82) is 0 Å². The van der Waals surface area contributed by atoms with Crippen molar-refractivity contribution in [2.45, 2.75) is 4.90 Å². The lowest BCUT2D eigenvalue weighted by atomic mass is 10.3. The van der Waals surface area contributed by atoms with E-state index < -0.39 is 0 Å². The Morgan fingerprint density at radius 1 is 1.37 bits per heavy atom. The second kappa shape index (κ2) is 7.16. The molecule has 0 aliphatic carbocycles. The van der Waals surface area contributed by atoms with Gasteiger partial charge >= 0.3 is 0 Å². The number of amides is 1. The number of carbonyl (C=O) groups is 1. The molecule has 0 aliphatic rings. The van der Waals surface area contributed by atoms with Gasteiger partial charge in [-0.15, -0.1) is 11.8 Å². The summed E-state index contributed by atoms with van der Waals surface area (Å²) in [5.41, 5.74) is 0.406. The molecule has 0 saturated heterocycles. The van der Waals surface area contributed by atoms with Crippen LogP contribution >= 0.6 is 23.4 Å². The molecule has 97 valence electrons. The maximum Gasteiger partial charge on any atom is 0.254 e. The molecular formula is C14H12ClN2OS. The van der Waals surface area contributed by atoms with Crippen molar-refractivity contribution < 1.29 is 4.79 Å². The highest BCUT2D eigenvalue weighted by Crippen LogP contribution is 2.16. The second-order valence-corrected chi connectivity index (χ2v) is 5.21. The third kappa shape index (κ3) is 4.26. The van der Waals surface area contributed by atoms with Crippen molar-refractivity contribution in [3.63, 3.8) is 0 Å². The zero-order valence-corrected chi connectivity index (χ0v) is 11.7. The van der Waals surface area contributed by atoms with E-state index in [1.165, 1.54) is 0 Å². The van der Waals surface area contributed by atoms with Crippen LogP contribution in [0, 0.1) is 6.07 Å². The number of benzene rings is 1. The molecule has 5 heteroatoms. The Labute approximate surface area is 121 Å². The highest BCUT2D eigenvalue weighted by molar-refractivity contribution is 7.99. The highest BCUT2D eigenvalue weighted by atomic mass is 35.5. The lowest BCUT2D eigenvalue weighted by molar-refractivity contribution is 0.0956. The molecule has 1 aromatic heterocycles. The first kappa shape index (κ1) is 13.9. The average Bonchev–Trinajstić information content (AvgIpc) is 2.45. The predicted molar refractivity (Wildman–Crippen MR) is 77.6 cm³/mol. The van der Waals surface area contributed by atoms with Crippen LogP contribution in [-0.2, 0) is 0 Å². The van der Waals surface area contributed by atoms with Crippen LogP contribution in [0.15, 0.2) is 47.5 Å². The van der Waals surface area contributed by atoms with Gasteiger partial charge in [-0.25, -0.2) is 4.98 Å². The number of nitrogens with one attached hydrogen (secondary N) is 1. The summed E-state index contributed by atoms with van der Waals surface area (Å²) in [6, 6.07) is 14.0. The molecule has 1 aromatic carbocycles. The van der Waals surface area contributed by atoms with Crippen molar-refractivity contribution in [2.24, 2.45) is 0 Å². The van der Waals surface area contributed by atoms with Crippen molar-refractivity contribution in [3.8, 4) is 0 Å². The van der Waals surface area contributed by atoms with Crippen LogP contribution < -0.4 is 5.32 Å². The maximum atomic E-state index is 11.8. The minimum absolute atomic E-state index is 0.194. The van der Waals surface area contributed by atoms with E-state index in [9.17, 15) is 4.79 Å². The Kier molecular flexibility index (Phi) is 5.24. The van der Waals surface area contributed by atoms with Gasteiger partial charge in [0.1, 0.15) is 5.15 Å². The third-order valence-electron chi connectivity index (χ3n) is 2.35. The van der Waals surface area contributed by atoms with E-state index in [-0.39, 0.29) is 11.1 Å². The molecule has 3 nitrogen and oxygen atoms in total. The zero-order valence-electron chi connectivity index (χ0n) is 10.1. The van der Waals surface area contributed by atoms with Gasteiger partial charge in [0.05, 0.1) is 5.56 Å². The van der Waals surface area contributed by atoms with E-state index in [1.54, 1.807) is 30.1 Å². The third-order valence-corrected chi connectivity index (χ3v) is 3.66. The number of carbonyl (C=O) groups excluding carboxylic acids is 1. The van der Waals surface area contributed by atoms with E-state index in [1.807, 2.05) is 24.3 Å². The average molecular weight is 292 g/mol. The minimum Gasteiger partial charge on any atom is -0.351 e. The molecule has 0 spiro atoms. The van der Waals surface area contributed by atoms with Crippen LogP contribution in [0.4, 0.5) is 0 Å². The zero-order chi connectivity index (χ0) is 13.5.